The van der Waals surface area contributed by atoms with E-state index in [1.54, 1.807) is 11.3 Å². The molecular formula is C17H23N3OS. The van der Waals surface area contributed by atoms with E-state index < -0.39 is 0 Å². The molecule has 0 aliphatic carbocycles. The summed E-state index contributed by atoms with van der Waals surface area (Å²) in [6, 6.07) is 4.13. The van der Waals surface area contributed by atoms with Crippen LogP contribution in [0.4, 0.5) is 5.69 Å². The molecule has 2 aromatic rings. The molecule has 2 aromatic heterocycles. The second kappa shape index (κ2) is 5.88. The zero-order valence-electron chi connectivity index (χ0n) is 13.4. The summed E-state index contributed by atoms with van der Waals surface area (Å²) in [5.41, 5.74) is 2.09. The summed E-state index contributed by atoms with van der Waals surface area (Å²) in [5.74, 6) is 0.241. The molecule has 1 fully saturated rings. The van der Waals surface area contributed by atoms with E-state index in [0.29, 0.717) is 0 Å². The van der Waals surface area contributed by atoms with Gasteiger partial charge in [0.15, 0.2) is 0 Å². The Balaban J connectivity index is 1.78. The third kappa shape index (κ3) is 3.24. The molecule has 1 N–H and O–H groups in total. The highest BCUT2D eigenvalue weighted by Crippen LogP contribution is 2.32. The Morgan fingerprint density at radius 1 is 1.41 bits per heavy atom. The lowest BCUT2D eigenvalue weighted by molar-refractivity contribution is -0.126. The average Bonchev–Trinajstić information content (AvgIpc) is 2.94. The van der Waals surface area contributed by atoms with Gasteiger partial charge in [0.25, 0.3) is 0 Å². The number of carbonyl (C=O) groups is 1. The Kier molecular flexibility index (Phi) is 4.08. The van der Waals surface area contributed by atoms with E-state index in [2.05, 4.69) is 32.7 Å². The number of carbonyl (C=O) groups excluding carboxylic acids is 1. The summed E-state index contributed by atoms with van der Waals surface area (Å²) in [4.78, 5) is 19.2. The van der Waals surface area contributed by atoms with Crippen LogP contribution in [-0.4, -0.2) is 29.5 Å². The van der Waals surface area contributed by atoms with Crippen LogP contribution in [0.3, 0.4) is 0 Å². The number of anilines is 1. The maximum absolute atomic E-state index is 12.5. The van der Waals surface area contributed by atoms with Crippen LogP contribution < -0.4 is 10.2 Å². The predicted molar refractivity (Wildman–Crippen MR) is 92.5 cm³/mol. The zero-order valence-corrected chi connectivity index (χ0v) is 14.2. The number of amides is 1. The molecule has 118 valence electrons. The number of piperidine rings is 1. The van der Waals surface area contributed by atoms with E-state index in [9.17, 15) is 4.79 Å². The number of nitrogens with zero attached hydrogens (tertiary/aromatic N) is 2. The van der Waals surface area contributed by atoms with Crippen LogP contribution in [-0.2, 0) is 4.79 Å². The minimum atomic E-state index is -0.170. The summed E-state index contributed by atoms with van der Waals surface area (Å²) >= 11 is 1.72. The number of aromatic nitrogens is 1. The van der Waals surface area contributed by atoms with Crippen molar-refractivity contribution in [3.63, 3.8) is 0 Å². The predicted octanol–water partition coefficient (Wildman–Crippen LogP) is 3.43. The molecule has 5 heteroatoms. The molecule has 0 saturated carbocycles. The summed E-state index contributed by atoms with van der Waals surface area (Å²) in [6.07, 6.45) is 3.89. The van der Waals surface area contributed by atoms with Gasteiger partial charge in [-0.1, -0.05) is 0 Å². The molecule has 0 aromatic carbocycles. The van der Waals surface area contributed by atoms with Crippen molar-refractivity contribution in [1.82, 2.24) is 10.3 Å². The van der Waals surface area contributed by atoms with Gasteiger partial charge in [0.05, 0.1) is 21.8 Å². The number of nitrogens with one attached hydrogen (secondary N) is 1. The normalized spacial score (nSPS) is 19.4. The van der Waals surface area contributed by atoms with Crippen LogP contribution in [0.2, 0.25) is 0 Å². The van der Waals surface area contributed by atoms with Crippen LogP contribution in [0.5, 0.6) is 0 Å². The first kappa shape index (κ1) is 15.3. The maximum atomic E-state index is 12.5. The van der Waals surface area contributed by atoms with Gasteiger partial charge >= 0.3 is 0 Å². The quantitative estimate of drug-likeness (QED) is 0.923. The van der Waals surface area contributed by atoms with Gasteiger partial charge in [-0.05, 0) is 51.1 Å². The first-order valence-electron chi connectivity index (χ1n) is 7.83. The Labute approximate surface area is 135 Å². The van der Waals surface area contributed by atoms with E-state index in [-0.39, 0.29) is 17.4 Å². The van der Waals surface area contributed by atoms with Crippen molar-refractivity contribution in [3.8, 4) is 0 Å². The van der Waals surface area contributed by atoms with Crippen LogP contribution in [0, 0.1) is 5.92 Å². The Morgan fingerprint density at radius 2 is 2.23 bits per heavy atom. The van der Waals surface area contributed by atoms with Crippen LogP contribution >= 0.6 is 11.3 Å². The Bertz CT molecular complexity index is 674. The summed E-state index contributed by atoms with van der Waals surface area (Å²) < 4.78 is 1.22. The molecule has 1 saturated heterocycles. The molecule has 1 aliphatic heterocycles. The van der Waals surface area contributed by atoms with Gasteiger partial charge in [-0.2, -0.15) is 0 Å². The van der Waals surface area contributed by atoms with E-state index >= 15 is 0 Å². The molecule has 1 aliphatic rings. The molecule has 1 atom stereocenters. The summed E-state index contributed by atoms with van der Waals surface area (Å²) in [6.45, 7) is 7.89. The second-order valence-electron chi connectivity index (χ2n) is 6.99. The van der Waals surface area contributed by atoms with E-state index in [1.165, 1.54) is 10.4 Å². The first-order chi connectivity index (χ1) is 10.4. The van der Waals surface area contributed by atoms with Crippen LogP contribution in [0.15, 0.2) is 23.7 Å². The largest absolute Gasteiger partial charge is 0.369 e. The monoisotopic (exact) mass is 317 g/mol. The first-order valence-corrected chi connectivity index (χ1v) is 8.71. The lowest BCUT2D eigenvalue weighted by Gasteiger charge is -2.35. The van der Waals surface area contributed by atoms with E-state index in [1.807, 2.05) is 27.0 Å². The minimum Gasteiger partial charge on any atom is -0.369 e. The zero-order chi connectivity index (χ0) is 15.7. The van der Waals surface area contributed by atoms with Gasteiger partial charge in [0.1, 0.15) is 0 Å². The SMILES string of the molecule is CC(C)(C)NC(=O)C1CCCN(c2ccnc3ccsc23)C1. The number of hydrogen-bond acceptors (Lipinski definition) is 4. The highest BCUT2D eigenvalue weighted by Gasteiger charge is 2.28. The third-order valence-electron chi connectivity index (χ3n) is 3.95. The lowest BCUT2D eigenvalue weighted by Crippen LogP contribution is -2.48. The van der Waals surface area contributed by atoms with Gasteiger partial charge < -0.3 is 10.2 Å². The van der Waals surface area contributed by atoms with Crippen molar-refractivity contribution in [2.24, 2.45) is 5.92 Å². The number of rotatable bonds is 2. The van der Waals surface area contributed by atoms with Gasteiger partial charge in [-0.3, -0.25) is 9.78 Å². The maximum Gasteiger partial charge on any atom is 0.225 e. The third-order valence-corrected chi connectivity index (χ3v) is 4.88. The fourth-order valence-electron chi connectivity index (χ4n) is 2.99. The van der Waals surface area contributed by atoms with Crippen molar-refractivity contribution >= 4 is 33.1 Å². The Morgan fingerprint density at radius 3 is 3.00 bits per heavy atom. The van der Waals surface area contributed by atoms with Gasteiger partial charge in [0.2, 0.25) is 5.91 Å². The van der Waals surface area contributed by atoms with Crippen molar-refractivity contribution in [2.45, 2.75) is 39.2 Å². The molecule has 3 rings (SSSR count). The topological polar surface area (TPSA) is 45.2 Å². The van der Waals surface area contributed by atoms with Crippen molar-refractivity contribution in [2.75, 3.05) is 18.0 Å². The van der Waals surface area contributed by atoms with Crippen molar-refractivity contribution < 1.29 is 4.79 Å². The molecule has 4 nitrogen and oxygen atoms in total. The van der Waals surface area contributed by atoms with Crippen LogP contribution in [0.1, 0.15) is 33.6 Å². The van der Waals surface area contributed by atoms with Gasteiger partial charge in [-0.25, -0.2) is 0 Å². The molecule has 3 heterocycles. The highest BCUT2D eigenvalue weighted by molar-refractivity contribution is 7.17. The summed E-state index contributed by atoms with van der Waals surface area (Å²) in [7, 11) is 0. The van der Waals surface area contributed by atoms with E-state index in [0.717, 1.165) is 31.4 Å². The van der Waals surface area contributed by atoms with Gasteiger partial charge in [0, 0.05) is 24.8 Å². The standard InChI is InChI=1S/C17H23N3OS/c1-17(2,3)19-16(21)12-5-4-9-20(11-12)14-6-8-18-13-7-10-22-15(13)14/h6-8,10,12H,4-5,9,11H2,1-3H3,(H,19,21). The minimum absolute atomic E-state index is 0.0659. The molecule has 1 amide bonds. The highest BCUT2D eigenvalue weighted by atomic mass is 32.1. The van der Waals surface area contributed by atoms with Gasteiger partial charge in [-0.15, -0.1) is 11.3 Å². The lowest BCUT2D eigenvalue weighted by atomic mass is 9.95. The van der Waals surface area contributed by atoms with E-state index in [4.69, 9.17) is 0 Å². The summed E-state index contributed by atoms with van der Waals surface area (Å²) in [5, 5.41) is 5.20. The number of pyridine rings is 1. The molecule has 0 bridgehead atoms. The van der Waals surface area contributed by atoms with Crippen molar-refractivity contribution in [1.29, 1.82) is 0 Å². The number of thiophene rings is 1. The fourth-order valence-corrected chi connectivity index (χ4v) is 3.88. The van der Waals surface area contributed by atoms with Crippen LogP contribution in [0.25, 0.3) is 10.2 Å². The second-order valence-corrected chi connectivity index (χ2v) is 7.91. The fraction of sp³-hybridized carbons (Fsp3) is 0.529. The molecule has 0 radical (unpaired) electrons. The average molecular weight is 317 g/mol. The van der Waals surface area contributed by atoms with Crippen molar-refractivity contribution in [3.05, 3.63) is 23.7 Å². The smallest absolute Gasteiger partial charge is 0.225 e. The molecule has 1 unspecified atom stereocenters. The molecule has 22 heavy (non-hydrogen) atoms. The number of hydrogen-bond donors (Lipinski definition) is 1. The Hall–Kier alpha value is -1.62. The molecule has 0 spiro atoms. The molecular weight excluding hydrogens is 294 g/mol. The number of fused-ring (bicyclic) bond motifs is 1.